The number of sulfonamides is 1. The van der Waals surface area contributed by atoms with E-state index in [2.05, 4.69) is 33.4 Å². The Labute approximate surface area is 233 Å². The van der Waals surface area contributed by atoms with Crippen LogP contribution < -0.4 is 9.62 Å². The third-order valence-electron chi connectivity index (χ3n) is 6.33. The van der Waals surface area contributed by atoms with Gasteiger partial charge in [-0.1, -0.05) is 12.1 Å². The monoisotopic (exact) mass is 602 g/mol. The van der Waals surface area contributed by atoms with Crippen LogP contribution >= 0.6 is 21.6 Å². The average molecular weight is 603 g/mol. The van der Waals surface area contributed by atoms with Crippen LogP contribution in [0.2, 0.25) is 0 Å². The topological polar surface area (TPSA) is 74.8 Å². The highest BCUT2D eigenvalue weighted by Crippen LogP contribution is 2.34. The predicted octanol–water partition coefficient (Wildman–Crippen LogP) is 5.24. The van der Waals surface area contributed by atoms with Gasteiger partial charge in [0.25, 0.3) is 10.0 Å². The van der Waals surface area contributed by atoms with E-state index in [4.69, 9.17) is 4.74 Å². The van der Waals surface area contributed by atoms with Crippen LogP contribution in [0.5, 0.6) is 0 Å². The van der Waals surface area contributed by atoms with Gasteiger partial charge in [0.1, 0.15) is 24.2 Å². The molecule has 1 aliphatic heterocycles. The first-order valence-corrected chi connectivity index (χ1v) is 17.6. The molecule has 1 N–H and O–H groups in total. The lowest BCUT2D eigenvalue weighted by Gasteiger charge is -2.31. The van der Waals surface area contributed by atoms with Gasteiger partial charge in [0.05, 0.1) is 18.5 Å². The highest BCUT2D eigenvalue weighted by Gasteiger charge is 2.33. The van der Waals surface area contributed by atoms with Crippen molar-refractivity contribution in [2.24, 2.45) is 0 Å². The van der Waals surface area contributed by atoms with Crippen LogP contribution in [-0.4, -0.2) is 68.6 Å². The quantitative estimate of drug-likeness (QED) is 0.213. The summed E-state index contributed by atoms with van der Waals surface area (Å²) in [5.41, 5.74) is 1.33. The maximum atomic E-state index is 15.2. The molecule has 1 fully saturated rings. The summed E-state index contributed by atoms with van der Waals surface area (Å²) in [7, 11) is -5.54. The smallest absolute Gasteiger partial charge is 0.272 e. The van der Waals surface area contributed by atoms with E-state index in [9.17, 15) is 12.8 Å². The maximum absolute atomic E-state index is 15.2. The van der Waals surface area contributed by atoms with Crippen molar-refractivity contribution in [2.75, 3.05) is 60.6 Å². The zero-order chi connectivity index (χ0) is 28.2. The second kappa shape index (κ2) is 12.5. The summed E-state index contributed by atoms with van der Waals surface area (Å²) in [5, 5.41) is 4.31. The maximum Gasteiger partial charge on any atom is 0.272 e. The zero-order valence-electron chi connectivity index (χ0n) is 22.1. The Kier molecular flexibility index (Phi) is 9.48. The summed E-state index contributed by atoms with van der Waals surface area (Å²) in [6, 6.07) is 6.61. The van der Waals surface area contributed by atoms with Gasteiger partial charge in [-0.3, -0.25) is 4.90 Å². The molecule has 1 aliphatic rings. The van der Waals surface area contributed by atoms with Gasteiger partial charge in [0, 0.05) is 35.5 Å². The number of likely N-dealkylation sites (tertiary alicyclic amines) is 1. The molecule has 2 aromatic carbocycles. The van der Waals surface area contributed by atoms with E-state index in [1.807, 2.05) is 6.07 Å². The minimum atomic E-state index is -4.67. The lowest BCUT2D eigenvalue weighted by Crippen LogP contribution is -2.36. The number of halogens is 3. The van der Waals surface area contributed by atoms with Crippen molar-refractivity contribution >= 4 is 43.0 Å². The first-order valence-electron chi connectivity index (χ1n) is 12.3. The molecule has 4 rings (SSSR count). The molecule has 0 bridgehead atoms. The number of benzene rings is 2. The van der Waals surface area contributed by atoms with Gasteiger partial charge in [-0.2, -0.15) is 4.37 Å². The molecule has 0 radical (unpaired) electrons. The number of nitrogens with one attached hydrogen (secondary N) is 1. The van der Waals surface area contributed by atoms with Gasteiger partial charge < -0.3 is 10.1 Å². The molecular formula is C26H33F3N4O3S3. The van der Waals surface area contributed by atoms with Crippen molar-refractivity contribution in [3.8, 4) is 0 Å². The van der Waals surface area contributed by atoms with Crippen molar-refractivity contribution in [1.29, 1.82) is 0 Å². The standard InChI is InChI=1S/C26H33F3N4O3S3/c1-38(2,3)11-10-36-18-33(21-14-31-37-17-21)39(34,35)26-24(28)12-20(13-25(26)29)30-15-22-19(6-4-7-23(22)27)16-32-8-5-9-32/h4,6-7,12-14,17,30H,5,8-11,15-16,18H2,1-3H3. The summed E-state index contributed by atoms with van der Waals surface area (Å²) < 4.78 is 82.4. The van der Waals surface area contributed by atoms with E-state index in [0.717, 1.165) is 58.8 Å². The average Bonchev–Trinajstić information content (AvgIpc) is 3.33. The molecule has 13 heteroatoms. The van der Waals surface area contributed by atoms with Crippen molar-refractivity contribution in [2.45, 2.75) is 24.4 Å². The molecule has 214 valence electrons. The molecule has 0 amide bonds. The fraction of sp³-hybridized carbons (Fsp3) is 0.423. The molecule has 3 aromatic rings. The first-order chi connectivity index (χ1) is 18.5. The second-order valence-corrected chi connectivity index (χ2v) is 17.2. The van der Waals surface area contributed by atoms with Crippen molar-refractivity contribution < 1.29 is 26.3 Å². The number of hydrogen-bond donors (Lipinski definition) is 1. The molecule has 39 heavy (non-hydrogen) atoms. The number of nitrogens with zero attached hydrogens (tertiary/aromatic N) is 3. The van der Waals surface area contributed by atoms with Crippen molar-refractivity contribution in [1.82, 2.24) is 9.27 Å². The van der Waals surface area contributed by atoms with Crippen LogP contribution in [0.3, 0.4) is 0 Å². The molecule has 2 heterocycles. The van der Waals surface area contributed by atoms with Gasteiger partial charge in [0.15, 0.2) is 4.90 Å². The second-order valence-electron chi connectivity index (χ2n) is 10.2. The Morgan fingerprint density at radius 3 is 2.41 bits per heavy atom. The minimum Gasteiger partial charge on any atom is -0.381 e. The lowest BCUT2D eigenvalue weighted by molar-refractivity contribution is 0.159. The Hall–Kier alpha value is -2.32. The molecule has 0 aliphatic carbocycles. The molecular weight excluding hydrogens is 570 g/mol. The van der Waals surface area contributed by atoms with Crippen LogP contribution in [0.25, 0.3) is 0 Å². The summed E-state index contributed by atoms with van der Waals surface area (Å²) in [5.74, 6) is -2.21. The molecule has 0 atom stereocenters. The number of aromatic nitrogens is 1. The number of hydrogen-bond acceptors (Lipinski definition) is 7. The predicted molar refractivity (Wildman–Crippen MR) is 153 cm³/mol. The molecule has 7 nitrogen and oxygen atoms in total. The highest BCUT2D eigenvalue weighted by molar-refractivity contribution is 8.32. The molecule has 1 aromatic heterocycles. The minimum absolute atomic E-state index is 0.00439. The molecule has 0 spiro atoms. The van der Waals surface area contributed by atoms with E-state index in [0.29, 0.717) is 18.7 Å². The zero-order valence-corrected chi connectivity index (χ0v) is 24.6. The SMILES string of the molecule is CS(C)(C)CCOCN(c1cnsc1)S(=O)(=O)c1c(F)cc(NCc2c(F)cccc2CN2CCC2)cc1F. The number of rotatable bonds is 13. The highest BCUT2D eigenvalue weighted by atomic mass is 32.3. The Balaban J connectivity index is 1.53. The van der Waals surface area contributed by atoms with Crippen LogP contribution in [-0.2, 0) is 27.8 Å². The third-order valence-corrected chi connectivity index (χ3v) is 10.1. The normalized spacial score (nSPS) is 14.7. The third kappa shape index (κ3) is 7.46. The Bertz CT molecular complexity index is 1360. The number of anilines is 2. The van der Waals surface area contributed by atoms with Crippen LogP contribution in [0.4, 0.5) is 24.5 Å². The fourth-order valence-corrected chi connectivity index (χ4v) is 6.63. The van der Waals surface area contributed by atoms with Gasteiger partial charge in [-0.05, 0) is 73.6 Å². The molecule has 0 unspecified atom stereocenters. The van der Waals surface area contributed by atoms with Crippen molar-refractivity contribution in [3.63, 3.8) is 0 Å². The van der Waals surface area contributed by atoms with E-state index in [-0.39, 0.29) is 17.9 Å². The van der Waals surface area contributed by atoms with Gasteiger partial charge in [0.2, 0.25) is 0 Å². The van der Waals surface area contributed by atoms with Crippen LogP contribution in [0, 0.1) is 17.5 Å². The van der Waals surface area contributed by atoms with Crippen LogP contribution in [0.15, 0.2) is 46.8 Å². The van der Waals surface area contributed by atoms with E-state index in [1.54, 1.807) is 6.07 Å². The summed E-state index contributed by atoms with van der Waals surface area (Å²) in [4.78, 5) is 1.09. The van der Waals surface area contributed by atoms with E-state index < -0.39 is 49.1 Å². The Morgan fingerprint density at radius 2 is 1.82 bits per heavy atom. The van der Waals surface area contributed by atoms with Crippen LogP contribution in [0.1, 0.15) is 17.5 Å². The summed E-state index contributed by atoms with van der Waals surface area (Å²) >= 11 is 1.01. The first kappa shape index (κ1) is 29.7. The molecule has 1 saturated heterocycles. The molecule has 0 saturated carbocycles. The van der Waals surface area contributed by atoms with Gasteiger partial charge in [-0.15, -0.1) is 0 Å². The lowest BCUT2D eigenvalue weighted by atomic mass is 10.0. The van der Waals surface area contributed by atoms with Crippen molar-refractivity contribution in [3.05, 3.63) is 70.5 Å². The van der Waals surface area contributed by atoms with Gasteiger partial charge in [-0.25, -0.2) is 35.9 Å². The summed E-state index contributed by atoms with van der Waals surface area (Å²) in [6.07, 6.45) is 8.72. The summed E-state index contributed by atoms with van der Waals surface area (Å²) in [6.45, 7) is 2.33. The Morgan fingerprint density at radius 1 is 1.10 bits per heavy atom. The van der Waals surface area contributed by atoms with Gasteiger partial charge >= 0.3 is 0 Å². The van der Waals surface area contributed by atoms with E-state index in [1.165, 1.54) is 17.6 Å². The van der Waals surface area contributed by atoms with E-state index >= 15 is 8.78 Å². The largest absolute Gasteiger partial charge is 0.381 e. The fourth-order valence-electron chi connectivity index (χ4n) is 4.00. The number of ether oxygens (including phenoxy) is 1.